The molecule has 6 heteroatoms. The van der Waals surface area contributed by atoms with Gasteiger partial charge in [-0.3, -0.25) is 4.90 Å². The maximum absolute atomic E-state index is 4.73. The highest BCUT2D eigenvalue weighted by molar-refractivity contribution is 5.84. The number of nitrogens with one attached hydrogen (secondary N) is 1. The van der Waals surface area contributed by atoms with Gasteiger partial charge >= 0.3 is 0 Å². The summed E-state index contributed by atoms with van der Waals surface area (Å²) in [6.07, 6.45) is 8.10. The monoisotopic (exact) mass is 410 g/mol. The van der Waals surface area contributed by atoms with Crippen molar-refractivity contribution >= 4 is 22.5 Å². The molecular weight excluding hydrogens is 384 g/mol. The predicted octanol–water partition coefficient (Wildman–Crippen LogP) is 4.71. The molecule has 31 heavy (non-hydrogen) atoms. The largest absolute Gasteiger partial charge is 0.334 e. The zero-order valence-electron chi connectivity index (χ0n) is 17.8. The number of hydrogen-bond donors (Lipinski definition) is 1. The van der Waals surface area contributed by atoms with Crippen molar-refractivity contribution in [1.29, 1.82) is 0 Å². The number of hydrogen-bond acceptors (Lipinski definition) is 5. The summed E-state index contributed by atoms with van der Waals surface area (Å²) in [6.45, 7) is 7.60. The van der Waals surface area contributed by atoms with E-state index in [2.05, 4.69) is 63.2 Å². The molecule has 0 radical (unpaired) electrons. The van der Waals surface area contributed by atoms with E-state index >= 15 is 0 Å². The quantitative estimate of drug-likeness (QED) is 0.499. The third-order valence-corrected chi connectivity index (χ3v) is 5.84. The minimum atomic E-state index is 0.546. The number of anilines is 1. The Hall–Kier alpha value is -3.51. The van der Waals surface area contributed by atoms with Crippen LogP contribution in [0.15, 0.2) is 67.8 Å². The van der Waals surface area contributed by atoms with Gasteiger partial charge < -0.3 is 9.88 Å². The summed E-state index contributed by atoms with van der Waals surface area (Å²) in [4.78, 5) is 15.9. The Morgan fingerprint density at radius 1 is 1.10 bits per heavy atom. The van der Waals surface area contributed by atoms with Gasteiger partial charge in [-0.2, -0.15) is 0 Å². The van der Waals surface area contributed by atoms with Crippen molar-refractivity contribution in [3.8, 4) is 11.3 Å². The van der Waals surface area contributed by atoms with Gasteiger partial charge in [-0.05, 0) is 49.2 Å². The first-order valence-corrected chi connectivity index (χ1v) is 10.7. The number of aryl methyl sites for hydroxylation is 1. The average Bonchev–Trinajstić information content (AvgIpc) is 3.45. The molecule has 1 aliphatic heterocycles. The number of aromatic nitrogens is 4. The second kappa shape index (κ2) is 8.32. The first-order chi connectivity index (χ1) is 15.2. The fraction of sp³-hybridized carbons (Fsp3) is 0.240. The second-order valence-electron chi connectivity index (χ2n) is 8.14. The SMILES string of the molecule is C=C(Nc1ncc2ccc(-c3cncn3C)cc2n1)c1cccc(CN2CCCC2)c1. The molecular formula is C25H26N6. The number of likely N-dealkylation sites (tertiary alicyclic amines) is 1. The van der Waals surface area contributed by atoms with E-state index in [-0.39, 0.29) is 0 Å². The Bertz CT molecular complexity index is 1240. The van der Waals surface area contributed by atoms with Crippen molar-refractivity contribution in [3.63, 3.8) is 0 Å². The summed E-state index contributed by atoms with van der Waals surface area (Å²) in [5.74, 6) is 0.546. The lowest BCUT2D eigenvalue weighted by molar-refractivity contribution is 0.331. The van der Waals surface area contributed by atoms with Crippen LogP contribution in [0.4, 0.5) is 5.95 Å². The summed E-state index contributed by atoms with van der Waals surface area (Å²) >= 11 is 0. The highest BCUT2D eigenvalue weighted by Crippen LogP contribution is 2.24. The van der Waals surface area contributed by atoms with E-state index in [4.69, 9.17) is 4.98 Å². The zero-order chi connectivity index (χ0) is 21.2. The van der Waals surface area contributed by atoms with Crippen molar-refractivity contribution in [3.05, 3.63) is 78.9 Å². The van der Waals surface area contributed by atoms with Gasteiger partial charge in [0, 0.05) is 36.4 Å². The predicted molar refractivity (Wildman–Crippen MR) is 125 cm³/mol. The van der Waals surface area contributed by atoms with Crippen LogP contribution in [0.3, 0.4) is 0 Å². The Morgan fingerprint density at radius 3 is 2.77 bits per heavy atom. The minimum absolute atomic E-state index is 0.546. The standard InChI is InChI=1S/C25H26N6/c1-18(20-7-5-6-19(12-20)16-31-10-3-4-11-31)28-25-27-14-22-9-8-21(13-23(22)29-25)24-15-26-17-30(24)2/h5-9,12-15,17H,1,3-4,10-11,16H2,2H3,(H,27,28,29). The molecule has 156 valence electrons. The maximum atomic E-state index is 4.73. The van der Waals surface area contributed by atoms with Crippen molar-refractivity contribution in [1.82, 2.24) is 24.4 Å². The molecule has 2 aromatic heterocycles. The number of nitrogens with zero attached hydrogens (tertiary/aromatic N) is 5. The van der Waals surface area contributed by atoms with Crippen LogP contribution in [0.1, 0.15) is 24.0 Å². The fourth-order valence-corrected chi connectivity index (χ4v) is 4.14. The molecule has 0 aliphatic carbocycles. The summed E-state index contributed by atoms with van der Waals surface area (Å²) < 4.78 is 2.00. The van der Waals surface area contributed by atoms with Gasteiger partial charge in [0.2, 0.25) is 5.95 Å². The molecule has 0 amide bonds. The van der Waals surface area contributed by atoms with Crippen LogP contribution in [-0.4, -0.2) is 37.5 Å². The van der Waals surface area contributed by atoms with E-state index in [0.29, 0.717) is 5.95 Å². The first kappa shape index (κ1) is 19.5. The average molecular weight is 411 g/mol. The molecule has 5 rings (SSSR count). The summed E-state index contributed by atoms with van der Waals surface area (Å²) in [6, 6.07) is 14.7. The van der Waals surface area contributed by atoms with Crippen molar-refractivity contribution in [2.24, 2.45) is 7.05 Å². The highest BCUT2D eigenvalue weighted by atomic mass is 15.1. The van der Waals surface area contributed by atoms with E-state index in [1.807, 2.05) is 30.1 Å². The van der Waals surface area contributed by atoms with Crippen LogP contribution in [0, 0.1) is 0 Å². The van der Waals surface area contributed by atoms with Crippen LogP contribution in [0.2, 0.25) is 0 Å². The van der Waals surface area contributed by atoms with Gasteiger partial charge in [-0.25, -0.2) is 15.0 Å². The molecule has 0 bridgehead atoms. The van der Waals surface area contributed by atoms with E-state index < -0.39 is 0 Å². The molecule has 1 aliphatic rings. The molecule has 1 saturated heterocycles. The van der Waals surface area contributed by atoms with E-state index in [1.54, 1.807) is 6.33 Å². The molecule has 1 fully saturated rings. The number of rotatable bonds is 6. The van der Waals surface area contributed by atoms with Gasteiger partial charge in [0.05, 0.1) is 23.7 Å². The first-order valence-electron chi connectivity index (χ1n) is 10.7. The summed E-state index contributed by atoms with van der Waals surface area (Å²) in [5.41, 5.74) is 6.17. The van der Waals surface area contributed by atoms with Crippen LogP contribution >= 0.6 is 0 Å². The van der Waals surface area contributed by atoms with Crippen LogP contribution in [0.5, 0.6) is 0 Å². The van der Waals surface area contributed by atoms with Crippen LogP contribution in [-0.2, 0) is 13.6 Å². The molecule has 2 aromatic carbocycles. The fourth-order valence-electron chi connectivity index (χ4n) is 4.14. The number of benzene rings is 2. The third-order valence-electron chi connectivity index (χ3n) is 5.84. The van der Waals surface area contributed by atoms with Crippen molar-refractivity contribution in [2.45, 2.75) is 19.4 Å². The van der Waals surface area contributed by atoms with Crippen molar-refractivity contribution in [2.75, 3.05) is 18.4 Å². The van der Waals surface area contributed by atoms with Gasteiger partial charge in [-0.15, -0.1) is 0 Å². The minimum Gasteiger partial charge on any atom is -0.334 e. The van der Waals surface area contributed by atoms with Crippen LogP contribution < -0.4 is 5.32 Å². The molecule has 6 nitrogen and oxygen atoms in total. The molecule has 1 N–H and O–H groups in total. The summed E-state index contributed by atoms with van der Waals surface area (Å²) in [7, 11) is 1.99. The topological polar surface area (TPSA) is 58.9 Å². The van der Waals surface area contributed by atoms with Crippen LogP contribution in [0.25, 0.3) is 27.9 Å². The molecule has 4 aromatic rings. The molecule has 3 heterocycles. The second-order valence-corrected chi connectivity index (χ2v) is 8.14. The Kier molecular flexibility index (Phi) is 5.22. The van der Waals surface area contributed by atoms with Gasteiger partial charge in [0.15, 0.2) is 0 Å². The Balaban J connectivity index is 1.36. The number of fused-ring (bicyclic) bond motifs is 1. The lowest BCUT2D eigenvalue weighted by atomic mass is 10.1. The Morgan fingerprint density at radius 2 is 1.97 bits per heavy atom. The number of imidazole rings is 1. The molecule has 0 unspecified atom stereocenters. The zero-order valence-corrected chi connectivity index (χ0v) is 17.8. The van der Waals surface area contributed by atoms with E-state index in [9.17, 15) is 0 Å². The van der Waals surface area contributed by atoms with Gasteiger partial charge in [0.1, 0.15) is 0 Å². The highest BCUT2D eigenvalue weighted by Gasteiger charge is 2.12. The third kappa shape index (κ3) is 4.20. The molecule has 0 saturated carbocycles. The normalized spacial score (nSPS) is 14.2. The van der Waals surface area contributed by atoms with E-state index in [1.165, 1.54) is 31.5 Å². The van der Waals surface area contributed by atoms with E-state index in [0.717, 1.165) is 40.0 Å². The Labute approximate surface area is 182 Å². The molecule has 0 atom stereocenters. The lowest BCUT2D eigenvalue weighted by Gasteiger charge is -2.16. The van der Waals surface area contributed by atoms with Gasteiger partial charge in [0.25, 0.3) is 0 Å². The smallest absolute Gasteiger partial charge is 0.227 e. The maximum Gasteiger partial charge on any atom is 0.227 e. The van der Waals surface area contributed by atoms with Gasteiger partial charge in [-0.1, -0.05) is 36.9 Å². The molecule has 0 spiro atoms. The lowest BCUT2D eigenvalue weighted by Crippen LogP contribution is -2.18. The van der Waals surface area contributed by atoms with Crippen molar-refractivity contribution < 1.29 is 0 Å². The summed E-state index contributed by atoms with van der Waals surface area (Å²) in [5, 5.41) is 4.28.